The number of hydrogen-bond donors (Lipinski definition) is 2. The number of amides is 3. The van der Waals surface area contributed by atoms with E-state index in [1.165, 1.54) is 0 Å². The largest absolute Gasteiger partial charge is 0.338 e. The van der Waals surface area contributed by atoms with Crippen LogP contribution in [0.25, 0.3) is 0 Å². The summed E-state index contributed by atoms with van der Waals surface area (Å²) < 4.78 is 0. The number of imide groups is 1. The molecule has 1 aliphatic heterocycles. The van der Waals surface area contributed by atoms with E-state index in [1.54, 1.807) is 14.0 Å². The molecule has 1 aliphatic rings. The summed E-state index contributed by atoms with van der Waals surface area (Å²) in [6, 6.07) is -0.448. The Morgan fingerprint density at radius 1 is 1.53 bits per heavy atom. The minimum atomic E-state index is -0.448. The molecule has 1 fully saturated rings. The van der Waals surface area contributed by atoms with Crippen LogP contribution in [0.1, 0.15) is 19.8 Å². The summed E-state index contributed by atoms with van der Waals surface area (Å²) in [6.45, 7) is 1.68. The maximum absolute atomic E-state index is 11.5. The molecule has 1 heterocycles. The quantitative estimate of drug-likeness (QED) is 0.576. The first-order valence-corrected chi connectivity index (χ1v) is 4.88. The molecule has 2 N–H and O–H groups in total. The molecule has 0 aliphatic carbocycles. The Morgan fingerprint density at radius 3 is 2.67 bits per heavy atom. The fraction of sp³-hybridized carbons (Fsp3) is 0.667. The standard InChI is InChI=1S/C9H15N3O3/c1-3-7(13)11-5-12-8(14)4-6(10-2)9(12)15/h6,10H,3-5H2,1-2H3,(H,11,13). The van der Waals surface area contributed by atoms with Gasteiger partial charge in [0.15, 0.2) is 0 Å². The first-order chi connectivity index (χ1) is 7.10. The van der Waals surface area contributed by atoms with Crippen molar-refractivity contribution in [2.45, 2.75) is 25.8 Å². The number of carbonyl (C=O) groups is 3. The van der Waals surface area contributed by atoms with Gasteiger partial charge < -0.3 is 10.6 Å². The lowest BCUT2D eigenvalue weighted by atomic mass is 10.2. The van der Waals surface area contributed by atoms with Crippen LogP contribution in [0.2, 0.25) is 0 Å². The molecule has 0 aromatic carbocycles. The summed E-state index contributed by atoms with van der Waals surface area (Å²) >= 11 is 0. The van der Waals surface area contributed by atoms with Crippen LogP contribution < -0.4 is 10.6 Å². The Balaban J connectivity index is 2.51. The zero-order valence-electron chi connectivity index (χ0n) is 8.87. The Morgan fingerprint density at radius 2 is 2.20 bits per heavy atom. The van der Waals surface area contributed by atoms with E-state index in [1.807, 2.05) is 0 Å². The van der Waals surface area contributed by atoms with E-state index in [9.17, 15) is 14.4 Å². The third-order valence-electron chi connectivity index (χ3n) is 2.35. The van der Waals surface area contributed by atoms with Gasteiger partial charge in [-0.15, -0.1) is 0 Å². The monoisotopic (exact) mass is 213 g/mol. The van der Waals surface area contributed by atoms with Crippen LogP contribution in [0.5, 0.6) is 0 Å². The Labute approximate surface area is 88.0 Å². The molecule has 1 rings (SSSR count). The van der Waals surface area contributed by atoms with Crippen molar-refractivity contribution in [1.82, 2.24) is 15.5 Å². The molecule has 1 unspecified atom stereocenters. The van der Waals surface area contributed by atoms with Gasteiger partial charge in [-0.1, -0.05) is 6.92 Å². The Hall–Kier alpha value is -1.43. The van der Waals surface area contributed by atoms with Gasteiger partial charge in [-0.25, -0.2) is 0 Å². The highest BCUT2D eigenvalue weighted by atomic mass is 16.2. The molecule has 0 aromatic rings. The van der Waals surface area contributed by atoms with Crippen molar-refractivity contribution in [2.75, 3.05) is 13.7 Å². The minimum absolute atomic E-state index is 0.0253. The number of likely N-dealkylation sites (tertiary alicyclic amines) is 1. The van der Waals surface area contributed by atoms with Crippen LogP contribution >= 0.6 is 0 Å². The topological polar surface area (TPSA) is 78.5 Å². The van der Waals surface area contributed by atoms with E-state index in [0.29, 0.717) is 6.42 Å². The van der Waals surface area contributed by atoms with Crippen molar-refractivity contribution >= 4 is 17.7 Å². The highest BCUT2D eigenvalue weighted by Gasteiger charge is 2.37. The van der Waals surface area contributed by atoms with Gasteiger partial charge in [0.2, 0.25) is 17.7 Å². The van der Waals surface area contributed by atoms with Gasteiger partial charge in [-0.3, -0.25) is 19.3 Å². The van der Waals surface area contributed by atoms with Crippen molar-refractivity contribution < 1.29 is 14.4 Å². The second kappa shape index (κ2) is 4.88. The zero-order valence-corrected chi connectivity index (χ0v) is 8.87. The summed E-state index contributed by atoms with van der Waals surface area (Å²) in [5, 5.41) is 5.25. The maximum Gasteiger partial charge on any atom is 0.248 e. The van der Waals surface area contributed by atoms with Crippen molar-refractivity contribution in [3.8, 4) is 0 Å². The average Bonchev–Trinajstić information content (AvgIpc) is 2.51. The molecule has 0 saturated carbocycles. The number of rotatable bonds is 4. The van der Waals surface area contributed by atoms with Crippen LogP contribution in [-0.2, 0) is 14.4 Å². The molecule has 0 radical (unpaired) electrons. The summed E-state index contributed by atoms with van der Waals surface area (Å²) in [5.74, 6) is -0.710. The van der Waals surface area contributed by atoms with Crippen LogP contribution in [0.3, 0.4) is 0 Å². The van der Waals surface area contributed by atoms with Crippen molar-refractivity contribution in [2.24, 2.45) is 0 Å². The Bertz CT molecular complexity index is 290. The predicted octanol–water partition coefficient (Wildman–Crippen LogP) is -1.18. The van der Waals surface area contributed by atoms with E-state index < -0.39 is 6.04 Å². The molecule has 84 valence electrons. The number of hydrogen-bond acceptors (Lipinski definition) is 4. The minimum Gasteiger partial charge on any atom is -0.338 e. The zero-order chi connectivity index (χ0) is 11.4. The first-order valence-electron chi connectivity index (χ1n) is 4.88. The summed E-state index contributed by atoms with van der Waals surface area (Å²) in [4.78, 5) is 34.9. The highest BCUT2D eigenvalue weighted by molar-refractivity contribution is 6.05. The van der Waals surface area contributed by atoms with E-state index in [2.05, 4.69) is 10.6 Å². The third kappa shape index (κ3) is 2.53. The lowest BCUT2D eigenvalue weighted by Gasteiger charge is -2.15. The summed E-state index contributed by atoms with van der Waals surface area (Å²) in [7, 11) is 1.63. The molecule has 1 saturated heterocycles. The number of carbonyl (C=O) groups excluding carboxylic acids is 3. The second-order valence-corrected chi connectivity index (χ2v) is 3.32. The average molecular weight is 213 g/mol. The van der Waals surface area contributed by atoms with Crippen LogP contribution in [-0.4, -0.2) is 42.4 Å². The van der Waals surface area contributed by atoms with Crippen molar-refractivity contribution in [3.05, 3.63) is 0 Å². The van der Waals surface area contributed by atoms with E-state index in [4.69, 9.17) is 0 Å². The van der Waals surface area contributed by atoms with Gasteiger partial charge in [0.05, 0.1) is 12.5 Å². The Kier molecular flexibility index (Phi) is 3.79. The molecule has 6 heteroatoms. The van der Waals surface area contributed by atoms with Gasteiger partial charge in [0, 0.05) is 6.42 Å². The normalized spacial score (nSPS) is 20.9. The van der Waals surface area contributed by atoms with Gasteiger partial charge in [0.1, 0.15) is 6.67 Å². The molecular formula is C9H15N3O3. The summed E-state index contributed by atoms with van der Waals surface area (Å²) in [6.07, 6.45) is 0.503. The van der Waals surface area contributed by atoms with Crippen LogP contribution in [0, 0.1) is 0 Å². The summed E-state index contributed by atoms with van der Waals surface area (Å²) in [5.41, 5.74) is 0. The van der Waals surface area contributed by atoms with E-state index in [-0.39, 0.29) is 30.8 Å². The fourth-order valence-corrected chi connectivity index (χ4v) is 1.37. The molecule has 0 aromatic heterocycles. The smallest absolute Gasteiger partial charge is 0.248 e. The maximum atomic E-state index is 11.5. The molecule has 1 atom stereocenters. The number of nitrogens with zero attached hydrogens (tertiary/aromatic N) is 1. The van der Waals surface area contributed by atoms with Crippen LogP contribution in [0.4, 0.5) is 0 Å². The number of nitrogens with one attached hydrogen (secondary N) is 2. The van der Waals surface area contributed by atoms with E-state index >= 15 is 0 Å². The molecule has 0 spiro atoms. The van der Waals surface area contributed by atoms with Gasteiger partial charge in [0.25, 0.3) is 0 Å². The molecular weight excluding hydrogens is 198 g/mol. The highest BCUT2D eigenvalue weighted by Crippen LogP contribution is 2.11. The van der Waals surface area contributed by atoms with Crippen LogP contribution in [0.15, 0.2) is 0 Å². The number of likely N-dealkylation sites (N-methyl/N-ethyl adjacent to an activating group) is 1. The fourth-order valence-electron chi connectivity index (χ4n) is 1.37. The molecule has 0 bridgehead atoms. The molecule has 15 heavy (non-hydrogen) atoms. The lowest BCUT2D eigenvalue weighted by Crippen LogP contribution is -2.43. The van der Waals surface area contributed by atoms with Crippen molar-refractivity contribution in [3.63, 3.8) is 0 Å². The first kappa shape index (κ1) is 11.6. The van der Waals surface area contributed by atoms with Crippen molar-refractivity contribution in [1.29, 1.82) is 0 Å². The van der Waals surface area contributed by atoms with Gasteiger partial charge >= 0.3 is 0 Å². The van der Waals surface area contributed by atoms with E-state index in [0.717, 1.165) is 4.90 Å². The van der Waals surface area contributed by atoms with Gasteiger partial charge in [-0.05, 0) is 7.05 Å². The predicted molar refractivity (Wildman–Crippen MR) is 52.6 cm³/mol. The third-order valence-corrected chi connectivity index (χ3v) is 2.35. The lowest BCUT2D eigenvalue weighted by molar-refractivity contribution is -0.139. The SMILES string of the molecule is CCC(=O)NCN1C(=O)CC(NC)C1=O. The second-order valence-electron chi connectivity index (χ2n) is 3.32. The molecule has 6 nitrogen and oxygen atoms in total. The van der Waals surface area contributed by atoms with Gasteiger partial charge in [-0.2, -0.15) is 0 Å². The molecule has 3 amide bonds.